The number of halogens is 2. The van der Waals surface area contributed by atoms with Gasteiger partial charge in [0.25, 0.3) is 0 Å². The van der Waals surface area contributed by atoms with Gasteiger partial charge in [-0.15, -0.1) is 23.2 Å². The van der Waals surface area contributed by atoms with Gasteiger partial charge in [-0.2, -0.15) is 0 Å². The van der Waals surface area contributed by atoms with E-state index in [0.717, 1.165) is 25.7 Å². The lowest BCUT2D eigenvalue weighted by Gasteiger charge is -2.36. The highest BCUT2D eigenvalue weighted by Crippen LogP contribution is 2.60. The minimum Gasteiger partial charge on any atom is -0.114 e. The van der Waals surface area contributed by atoms with Crippen molar-refractivity contribution in [2.75, 3.05) is 0 Å². The summed E-state index contributed by atoms with van der Waals surface area (Å²) in [5.41, 5.74) is 15.2. The number of alkyl halides is 2. The lowest BCUT2D eigenvalue weighted by molar-refractivity contribution is 0.795. The summed E-state index contributed by atoms with van der Waals surface area (Å²) in [4.78, 5) is 0. The summed E-state index contributed by atoms with van der Waals surface area (Å²) in [5, 5.41) is 10.1. The molecule has 0 bridgehead atoms. The van der Waals surface area contributed by atoms with Crippen LogP contribution in [0.1, 0.15) is 75.6 Å². The molecule has 278 valence electrons. The molecular weight excluding hydrogens is 748 g/mol. The normalized spacial score (nSPS) is 19.1. The van der Waals surface area contributed by atoms with Crippen molar-refractivity contribution in [2.45, 2.75) is 62.4 Å². The van der Waals surface area contributed by atoms with E-state index in [1.165, 1.54) is 110 Å². The molecule has 0 saturated heterocycles. The molecule has 0 nitrogen and oxygen atoms in total. The highest BCUT2D eigenvalue weighted by Gasteiger charge is 2.53. The zero-order valence-corrected chi connectivity index (χ0v) is 35.5. The summed E-state index contributed by atoms with van der Waals surface area (Å²) in [5.74, 6) is 0. The van der Waals surface area contributed by atoms with Gasteiger partial charge in [0.05, 0.1) is 8.99 Å². The molecule has 0 spiro atoms. The molecule has 0 saturated carbocycles. The molecule has 2 radical (unpaired) electrons. The smallest absolute Gasteiger partial charge is 0.114 e. The summed E-state index contributed by atoms with van der Waals surface area (Å²) >= 11 is 16.8. The van der Waals surface area contributed by atoms with Crippen LogP contribution in [0.4, 0.5) is 0 Å². The second-order valence-corrected chi connectivity index (χ2v) is 19.5. The molecule has 0 amide bonds. The van der Waals surface area contributed by atoms with E-state index in [9.17, 15) is 0 Å². The summed E-state index contributed by atoms with van der Waals surface area (Å²) in [7, 11) is 0.186. The van der Waals surface area contributed by atoms with Gasteiger partial charge < -0.3 is 0 Å². The molecule has 2 unspecified atom stereocenters. The zero-order valence-electron chi connectivity index (χ0n) is 32.9. The SMILES string of the molecule is CCCC1=C(C)c2c(-c3cc4ccccc4c4ccccc34)cccc2C1(Cl)[Si]C1(Cl)C(CCC)=C(C)c2c(-c3cc4ccccc4c4ccccc34)cccc21. The highest BCUT2D eigenvalue weighted by atomic mass is 35.5. The van der Waals surface area contributed by atoms with Gasteiger partial charge in [-0.05, 0) is 149 Å². The minimum absolute atomic E-state index is 0.186. The van der Waals surface area contributed by atoms with Crippen LogP contribution in [0.5, 0.6) is 0 Å². The van der Waals surface area contributed by atoms with Crippen LogP contribution in [-0.4, -0.2) is 9.52 Å². The predicted octanol–water partition coefficient (Wildman–Crippen LogP) is 16.0. The van der Waals surface area contributed by atoms with Crippen molar-refractivity contribution in [2.24, 2.45) is 0 Å². The van der Waals surface area contributed by atoms with Crippen molar-refractivity contribution < 1.29 is 0 Å². The zero-order chi connectivity index (χ0) is 39.1. The lowest BCUT2D eigenvalue weighted by atomic mass is 9.88. The maximum atomic E-state index is 8.41. The van der Waals surface area contributed by atoms with E-state index in [2.05, 4.69) is 173 Å². The first-order valence-electron chi connectivity index (χ1n) is 20.5. The van der Waals surface area contributed by atoms with E-state index in [1.807, 2.05) is 0 Å². The van der Waals surface area contributed by atoms with E-state index < -0.39 is 8.99 Å². The van der Waals surface area contributed by atoms with E-state index in [4.69, 9.17) is 23.2 Å². The van der Waals surface area contributed by atoms with Crippen LogP contribution in [0.15, 0.2) is 157 Å². The summed E-state index contributed by atoms with van der Waals surface area (Å²) in [6.45, 7) is 9.17. The quantitative estimate of drug-likeness (QED) is 0.0817. The van der Waals surface area contributed by atoms with Crippen LogP contribution in [0, 0.1) is 0 Å². The van der Waals surface area contributed by atoms with E-state index in [-0.39, 0.29) is 9.52 Å². The first-order chi connectivity index (χ1) is 27.8. The van der Waals surface area contributed by atoms with E-state index >= 15 is 0 Å². The molecule has 0 aliphatic heterocycles. The molecule has 0 fully saturated rings. The van der Waals surface area contributed by atoms with Gasteiger partial charge in [0.1, 0.15) is 9.52 Å². The van der Waals surface area contributed by atoms with Gasteiger partial charge in [-0.25, -0.2) is 0 Å². The van der Waals surface area contributed by atoms with Crippen LogP contribution in [0.2, 0.25) is 0 Å². The van der Waals surface area contributed by atoms with Crippen LogP contribution in [-0.2, 0) is 8.99 Å². The van der Waals surface area contributed by atoms with Crippen molar-refractivity contribution in [3.63, 3.8) is 0 Å². The third-order valence-electron chi connectivity index (χ3n) is 12.8. The average Bonchev–Trinajstić information content (AvgIpc) is 3.58. The molecule has 57 heavy (non-hydrogen) atoms. The summed E-state index contributed by atoms with van der Waals surface area (Å²) in [6, 6.07) is 53.6. The lowest BCUT2D eigenvalue weighted by Crippen LogP contribution is -2.41. The number of hydrogen-bond donors (Lipinski definition) is 0. The first-order valence-corrected chi connectivity index (χ1v) is 22.2. The molecule has 10 rings (SSSR count). The minimum atomic E-state index is -0.758. The Kier molecular flexibility index (Phi) is 8.87. The molecule has 0 N–H and O–H groups in total. The Bertz CT molecular complexity index is 2820. The Morgan fingerprint density at radius 2 is 0.789 bits per heavy atom. The second-order valence-electron chi connectivity index (χ2n) is 16.0. The Morgan fingerprint density at radius 3 is 1.19 bits per heavy atom. The summed E-state index contributed by atoms with van der Waals surface area (Å²) in [6.07, 6.45) is 3.86. The maximum absolute atomic E-state index is 8.41. The van der Waals surface area contributed by atoms with Gasteiger partial charge >= 0.3 is 0 Å². The Balaban J connectivity index is 1.18. The fraction of sp³-hybridized carbons (Fsp3) is 0.185. The van der Waals surface area contributed by atoms with Crippen LogP contribution >= 0.6 is 23.2 Å². The van der Waals surface area contributed by atoms with Gasteiger partial charge in [0, 0.05) is 0 Å². The molecule has 2 aliphatic rings. The van der Waals surface area contributed by atoms with Crippen molar-refractivity contribution in [1.82, 2.24) is 0 Å². The van der Waals surface area contributed by atoms with Gasteiger partial charge in [0.2, 0.25) is 0 Å². The fourth-order valence-electron chi connectivity index (χ4n) is 10.4. The number of hydrogen-bond acceptors (Lipinski definition) is 0. The van der Waals surface area contributed by atoms with Crippen molar-refractivity contribution in [3.05, 3.63) is 179 Å². The van der Waals surface area contributed by atoms with Crippen LogP contribution < -0.4 is 0 Å². The molecule has 2 aliphatic carbocycles. The molecule has 8 aromatic carbocycles. The molecular formula is C54H44Cl2Si. The Hall–Kier alpha value is -4.92. The monoisotopic (exact) mass is 790 g/mol. The molecule has 8 aromatic rings. The van der Waals surface area contributed by atoms with Crippen molar-refractivity contribution in [3.8, 4) is 22.3 Å². The van der Waals surface area contributed by atoms with Crippen LogP contribution in [0.3, 0.4) is 0 Å². The molecule has 3 heteroatoms. The fourth-order valence-corrected chi connectivity index (χ4v) is 14.2. The Morgan fingerprint density at radius 1 is 0.421 bits per heavy atom. The van der Waals surface area contributed by atoms with Crippen molar-refractivity contribution >= 4 is 87.0 Å². The van der Waals surface area contributed by atoms with Gasteiger partial charge in [0.15, 0.2) is 0 Å². The standard InChI is InChI=1S/C54H44Cl2Si/c1-5-17-47-33(3)51-43(45-31-35-19-7-9-21-37(35)39-23-11-13-25-41(39)45)27-15-29-49(51)53(47,55)57-54(56)48(18-6-2)34(4)52-44(28-16-30-50(52)54)46-32-36-20-8-10-22-38(36)40-24-12-14-26-42(40)46/h7-16,19-32H,5-6,17-18H2,1-4H3. The van der Waals surface area contributed by atoms with Gasteiger partial charge in [-0.3, -0.25) is 0 Å². The summed E-state index contributed by atoms with van der Waals surface area (Å²) < 4.78 is -1.52. The first kappa shape index (κ1) is 36.4. The number of allylic oxidation sites excluding steroid dienone is 4. The topological polar surface area (TPSA) is 0 Å². The number of fused-ring (bicyclic) bond motifs is 8. The number of benzene rings is 8. The van der Waals surface area contributed by atoms with Crippen molar-refractivity contribution in [1.29, 1.82) is 0 Å². The second kappa shape index (κ2) is 13.9. The highest BCUT2D eigenvalue weighted by molar-refractivity contribution is 6.70. The molecule has 2 atom stereocenters. The Labute approximate surface area is 348 Å². The van der Waals surface area contributed by atoms with E-state index in [1.54, 1.807) is 0 Å². The third-order valence-corrected chi connectivity index (χ3v) is 16.1. The average molecular weight is 792 g/mol. The molecule has 0 heterocycles. The molecule has 0 aromatic heterocycles. The predicted molar refractivity (Wildman–Crippen MR) is 250 cm³/mol. The number of rotatable bonds is 8. The van der Waals surface area contributed by atoms with Crippen LogP contribution in [0.25, 0.3) is 76.5 Å². The van der Waals surface area contributed by atoms with Gasteiger partial charge in [-0.1, -0.05) is 160 Å². The maximum Gasteiger partial charge on any atom is 0.118 e. The largest absolute Gasteiger partial charge is 0.118 e. The van der Waals surface area contributed by atoms with E-state index in [0.29, 0.717) is 0 Å². The third kappa shape index (κ3) is 5.39.